The number of hydrogen-bond acceptors (Lipinski definition) is 3. The Labute approximate surface area is 118 Å². The number of anilines is 1. The highest BCUT2D eigenvalue weighted by molar-refractivity contribution is 8.14. The molecule has 1 aliphatic rings. The van der Waals surface area contributed by atoms with Gasteiger partial charge in [-0.15, -0.1) is 0 Å². The fourth-order valence-corrected chi connectivity index (χ4v) is 3.03. The smallest absolute Gasteiger partial charge is 0.333 e. The number of hydrogen-bond donors (Lipinski definition) is 1. The monoisotopic (exact) mass is 306 g/mol. The lowest BCUT2D eigenvalue weighted by atomic mass is 10.0. The van der Waals surface area contributed by atoms with Gasteiger partial charge in [0.15, 0.2) is 5.17 Å². The predicted octanol–water partition coefficient (Wildman–Crippen LogP) is 4.53. The number of amidine groups is 1. The number of alkyl halides is 3. The average Bonchev–Trinajstić information content (AvgIpc) is 2.29. The van der Waals surface area contributed by atoms with E-state index in [0.29, 0.717) is 5.17 Å². The van der Waals surface area contributed by atoms with E-state index in [0.717, 1.165) is 30.4 Å². The molecule has 2 nitrogen and oxygen atoms in total. The van der Waals surface area contributed by atoms with Crippen molar-refractivity contribution in [2.75, 3.05) is 11.1 Å². The summed E-state index contributed by atoms with van der Waals surface area (Å²) in [4.78, 5) is 4.36. The van der Waals surface area contributed by atoms with Crippen molar-refractivity contribution in [3.8, 4) is 0 Å². The summed E-state index contributed by atoms with van der Waals surface area (Å²) in [5, 5.41) is 3.10. The fourth-order valence-electron chi connectivity index (χ4n) is 1.74. The van der Waals surface area contributed by atoms with Crippen LogP contribution in [-0.4, -0.2) is 16.5 Å². The van der Waals surface area contributed by atoms with Crippen molar-refractivity contribution in [2.45, 2.75) is 32.0 Å². The summed E-state index contributed by atoms with van der Waals surface area (Å²) in [6.07, 6.45) is -3.63. The van der Waals surface area contributed by atoms with E-state index in [9.17, 15) is 17.6 Å². The largest absolute Gasteiger partial charge is 0.416 e. The minimum absolute atomic E-state index is 0.205. The van der Waals surface area contributed by atoms with Crippen molar-refractivity contribution in [2.24, 2.45) is 4.99 Å². The van der Waals surface area contributed by atoms with E-state index >= 15 is 0 Å². The fraction of sp³-hybridized carbons (Fsp3) is 0.462. The molecule has 2 rings (SSSR count). The van der Waals surface area contributed by atoms with Crippen LogP contribution in [0.5, 0.6) is 0 Å². The van der Waals surface area contributed by atoms with Crippen LogP contribution in [0, 0.1) is 5.82 Å². The maximum atomic E-state index is 13.6. The third-order valence-electron chi connectivity index (χ3n) is 2.89. The Morgan fingerprint density at radius 1 is 1.30 bits per heavy atom. The third-order valence-corrected chi connectivity index (χ3v) is 3.77. The van der Waals surface area contributed by atoms with Gasteiger partial charge in [-0.25, -0.2) is 4.39 Å². The first-order valence-electron chi connectivity index (χ1n) is 6.04. The molecule has 0 atom stereocenters. The summed E-state index contributed by atoms with van der Waals surface area (Å²) >= 11 is 1.37. The molecule has 0 aliphatic carbocycles. The SMILES string of the molecule is CC1(C)CCSC(Nc2cc(C(F)(F)F)ccc2F)=N1. The molecule has 20 heavy (non-hydrogen) atoms. The maximum Gasteiger partial charge on any atom is 0.416 e. The summed E-state index contributed by atoms with van der Waals surface area (Å²) in [6.45, 7) is 3.85. The number of halogens is 4. The van der Waals surface area contributed by atoms with Crippen LogP contribution in [0.2, 0.25) is 0 Å². The first-order chi connectivity index (χ1) is 9.17. The van der Waals surface area contributed by atoms with E-state index in [4.69, 9.17) is 0 Å². The lowest BCUT2D eigenvalue weighted by Gasteiger charge is -2.26. The zero-order valence-corrected chi connectivity index (χ0v) is 11.8. The summed E-state index contributed by atoms with van der Waals surface area (Å²) < 4.78 is 51.5. The van der Waals surface area contributed by atoms with Crippen LogP contribution in [0.15, 0.2) is 23.2 Å². The highest BCUT2D eigenvalue weighted by atomic mass is 32.2. The van der Waals surface area contributed by atoms with Gasteiger partial charge in [0, 0.05) is 5.75 Å². The normalized spacial score (nSPS) is 18.6. The molecule has 0 saturated heterocycles. The zero-order valence-electron chi connectivity index (χ0n) is 11.0. The van der Waals surface area contributed by atoms with Crippen molar-refractivity contribution in [1.29, 1.82) is 0 Å². The van der Waals surface area contributed by atoms with Crippen LogP contribution in [-0.2, 0) is 6.18 Å². The van der Waals surface area contributed by atoms with E-state index in [1.54, 1.807) is 0 Å². The second kappa shape index (κ2) is 5.27. The number of thioether (sulfide) groups is 1. The molecule has 0 amide bonds. The number of rotatable bonds is 1. The van der Waals surface area contributed by atoms with E-state index in [2.05, 4.69) is 10.3 Å². The Kier molecular flexibility index (Phi) is 4.00. The van der Waals surface area contributed by atoms with E-state index < -0.39 is 17.6 Å². The molecule has 1 aliphatic heterocycles. The Morgan fingerprint density at radius 2 is 2.00 bits per heavy atom. The molecule has 1 aromatic rings. The molecule has 0 radical (unpaired) electrons. The minimum Gasteiger partial charge on any atom is -0.333 e. The molecule has 0 aromatic heterocycles. The van der Waals surface area contributed by atoms with E-state index in [1.165, 1.54) is 11.8 Å². The Balaban J connectivity index is 2.27. The second-order valence-corrected chi connectivity index (χ2v) is 6.23. The lowest BCUT2D eigenvalue weighted by Crippen LogP contribution is -2.27. The quantitative estimate of drug-likeness (QED) is 0.771. The zero-order chi connectivity index (χ0) is 15.0. The van der Waals surface area contributed by atoms with Gasteiger partial charge in [-0.05, 0) is 38.5 Å². The van der Waals surface area contributed by atoms with Crippen molar-refractivity contribution in [1.82, 2.24) is 0 Å². The van der Waals surface area contributed by atoms with Crippen molar-refractivity contribution in [3.05, 3.63) is 29.6 Å². The number of nitrogens with zero attached hydrogens (tertiary/aromatic N) is 1. The molecule has 1 aromatic carbocycles. The van der Waals surface area contributed by atoms with Gasteiger partial charge in [0.2, 0.25) is 0 Å². The molecule has 0 spiro atoms. The maximum absolute atomic E-state index is 13.6. The highest BCUT2D eigenvalue weighted by Crippen LogP contribution is 2.33. The molecular weight excluding hydrogens is 292 g/mol. The molecule has 1 N–H and O–H groups in total. The Morgan fingerprint density at radius 3 is 2.60 bits per heavy atom. The molecular formula is C13H14F4N2S. The van der Waals surface area contributed by atoms with Gasteiger partial charge >= 0.3 is 6.18 Å². The molecule has 110 valence electrons. The second-order valence-electron chi connectivity index (χ2n) is 5.15. The van der Waals surface area contributed by atoms with Crippen LogP contribution in [0.1, 0.15) is 25.8 Å². The third kappa shape index (κ3) is 3.65. The van der Waals surface area contributed by atoms with Gasteiger partial charge in [0.05, 0.1) is 16.8 Å². The van der Waals surface area contributed by atoms with Crippen molar-refractivity contribution >= 4 is 22.6 Å². The van der Waals surface area contributed by atoms with Crippen molar-refractivity contribution in [3.63, 3.8) is 0 Å². The first kappa shape index (κ1) is 15.2. The number of benzene rings is 1. The average molecular weight is 306 g/mol. The molecule has 0 unspecified atom stereocenters. The van der Waals surface area contributed by atoms with E-state index in [-0.39, 0.29) is 11.2 Å². The van der Waals surface area contributed by atoms with Crippen LogP contribution >= 0.6 is 11.8 Å². The van der Waals surface area contributed by atoms with Gasteiger partial charge in [0.1, 0.15) is 5.82 Å². The van der Waals surface area contributed by atoms with E-state index in [1.807, 2.05) is 13.8 Å². The van der Waals surface area contributed by atoms with Crippen molar-refractivity contribution < 1.29 is 17.6 Å². The van der Waals surface area contributed by atoms with Gasteiger partial charge in [-0.2, -0.15) is 13.2 Å². The van der Waals surface area contributed by atoms with Gasteiger partial charge in [-0.3, -0.25) is 4.99 Å². The van der Waals surface area contributed by atoms with Crippen LogP contribution in [0.25, 0.3) is 0 Å². The Hall–Kier alpha value is -1.24. The van der Waals surface area contributed by atoms with Gasteiger partial charge < -0.3 is 5.32 Å². The molecule has 0 fully saturated rings. The minimum atomic E-state index is -4.50. The standard InChI is InChI=1S/C13H14F4N2S/c1-12(2)5-6-20-11(19-12)18-10-7-8(13(15,16)17)3-4-9(10)14/h3-4,7H,5-6H2,1-2H3,(H,18,19). The Bertz CT molecular complexity index is 538. The number of nitrogens with one attached hydrogen (secondary N) is 1. The molecule has 1 heterocycles. The van der Waals surface area contributed by atoms with Gasteiger partial charge in [-0.1, -0.05) is 11.8 Å². The van der Waals surface area contributed by atoms with Crippen LogP contribution in [0.3, 0.4) is 0 Å². The molecule has 0 bridgehead atoms. The topological polar surface area (TPSA) is 24.4 Å². The van der Waals surface area contributed by atoms with Gasteiger partial charge in [0.25, 0.3) is 0 Å². The highest BCUT2D eigenvalue weighted by Gasteiger charge is 2.31. The number of aliphatic imine (C=N–C) groups is 1. The molecule has 7 heteroatoms. The lowest BCUT2D eigenvalue weighted by molar-refractivity contribution is -0.137. The molecule has 0 saturated carbocycles. The summed E-state index contributed by atoms with van der Waals surface area (Å²) in [5.74, 6) is 0.0593. The summed E-state index contributed by atoms with van der Waals surface area (Å²) in [6, 6.07) is 2.30. The predicted molar refractivity (Wildman–Crippen MR) is 73.6 cm³/mol. The first-order valence-corrected chi connectivity index (χ1v) is 7.02. The summed E-state index contributed by atoms with van der Waals surface area (Å²) in [5.41, 5.74) is -1.38. The van der Waals surface area contributed by atoms with Crippen LogP contribution in [0.4, 0.5) is 23.2 Å². The summed E-state index contributed by atoms with van der Waals surface area (Å²) in [7, 11) is 0. The van der Waals surface area contributed by atoms with Crippen LogP contribution < -0.4 is 5.32 Å².